The lowest BCUT2D eigenvalue weighted by Gasteiger charge is -2.35. The fourth-order valence-corrected chi connectivity index (χ4v) is 2.43. The van der Waals surface area contributed by atoms with Crippen LogP contribution >= 0.6 is 11.6 Å². The van der Waals surface area contributed by atoms with Crippen LogP contribution in [0, 0.1) is 0 Å². The van der Waals surface area contributed by atoms with Crippen LogP contribution in [-0.4, -0.2) is 52.2 Å². The van der Waals surface area contributed by atoms with Gasteiger partial charge in [-0.2, -0.15) is 0 Å². The minimum Gasteiger partial charge on any atom is -0.476 e. The summed E-state index contributed by atoms with van der Waals surface area (Å²) in [5.41, 5.74) is -0.0484. The number of nitrogens with zero attached hydrogens (tertiary/aromatic N) is 5. The summed E-state index contributed by atoms with van der Waals surface area (Å²) in [6.07, 6.45) is 4.42. The number of aromatic carboxylic acids is 1. The van der Waals surface area contributed by atoms with E-state index in [1.165, 1.54) is 12.4 Å². The predicted molar refractivity (Wildman–Crippen MR) is 82.7 cm³/mol. The molecular weight excluding hydrogens is 306 g/mol. The monoisotopic (exact) mass is 319 g/mol. The van der Waals surface area contributed by atoms with Gasteiger partial charge in [-0.25, -0.2) is 19.7 Å². The highest BCUT2D eigenvalue weighted by molar-refractivity contribution is 6.30. The van der Waals surface area contributed by atoms with Crippen LogP contribution in [0.5, 0.6) is 0 Å². The molecule has 0 amide bonds. The molecule has 114 valence electrons. The molecule has 1 aliphatic rings. The highest BCUT2D eigenvalue weighted by Gasteiger charge is 2.19. The van der Waals surface area contributed by atoms with E-state index in [-0.39, 0.29) is 5.69 Å². The predicted octanol–water partition coefficient (Wildman–Crippen LogP) is 1.55. The van der Waals surface area contributed by atoms with Gasteiger partial charge >= 0.3 is 5.97 Å². The van der Waals surface area contributed by atoms with Gasteiger partial charge in [-0.1, -0.05) is 11.6 Å². The Morgan fingerprint density at radius 1 is 0.955 bits per heavy atom. The summed E-state index contributed by atoms with van der Waals surface area (Å²) in [7, 11) is 0. The Balaban J connectivity index is 1.63. The number of piperazine rings is 1. The summed E-state index contributed by atoms with van der Waals surface area (Å²) in [5.74, 6) is 0.516. The first kappa shape index (κ1) is 14.5. The second-order valence-electron chi connectivity index (χ2n) is 4.87. The largest absolute Gasteiger partial charge is 0.476 e. The molecule has 1 saturated heterocycles. The Morgan fingerprint density at radius 2 is 1.59 bits per heavy atom. The molecule has 8 heteroatoms. The minimum atomic E-state index is -1.07. The van der Waals surface area contributed by atoms with E-state index in [9.17, 15) is 4.79 Å². The number of rotatable bonds is 3. The van der Waals surface area contributed by atoms with Gasteiger partial charge in [0.2, 0.25) is 0 Å². The Labute approximate surface area is 132 Å². The first-order valence-corrected chi connectivity index (χ1v) is 7.18. The number of carboxylic acids is 1. The Morgan fingerprint density at radius 3 is 2.09 bits per heavy atom. The minimum absolute atomic E-state index is 0.0484. The number of aromatic nitrogens is 3. The van der Waals surface area contributed by atoms with Crippen molar-refractivity contribution in [3.8, 4) is 0 Å². The van der Waals surface area contributed by atoms with Gasteiger partial charge in [0.1, 0.15) is 11.6 Å². The van der Waals surface area contributed by atoms with Crippen molar-refractivity contribution in [1.29, 1.82) is 0 Å². The molecule has 0 unspecified atom stereocenters. The lowest BCUT2D eigenvalue weighted by Crippen LogP contribution is -2.47. The second-order valence-corrected chi connectivity index (χ2v) is 5.31. The summed E-state index contributed by atoms with van der Waals surface area (Å²) >= 11 is 5.84. The van der Waals surface area contributed by atoms with Crippen LogP contribution < -0.4 is 9.80 Å². The molecule has 3 heterocycles. The van der Waals surface area contributed by atoms with Crippen molar-refractivity contribution in [2.75, 3.05) is 36.0 Å². The zero-order valence-electron chi connectivity index (χ0n) is 11.7. The van der Waals surface area contributed by atoms with E-state index < -0.39 is 5.97 Å². The van der Waals surface area contributed by atoms with Crippen LogP contribution in [0.25, 0.3) is 0 Å². The molecule has 0 radical (unpaired) electrons. The number of halogens is 1. The molecular formula is C14H14ClN5O2. The van der Waals surface area contributed by atoms with Gasteiger partial charge in [-0.15, -0.1) is 0 Å². The molecule has 2 aromatic heterocycles. The number of hydrogen-bond acceptors (Lipinski definition) is 6. The van der Waals surface area contributed by atoms with E-state index in [1.54, 1.807) is 6.20 Å². The van der Waals surface area contributed by atoms with Crippen molar-refractivity contribution < 1.29 is 9.90 Å². The maximum absolute atomic E-state index is 10.8. The number of carboxylic acid groups (broad SMARTS) is 1. The van der Waals surface area contributed by atoms with Crippen LogP contribution in [0.3, 0.4) is 0 Å². The Bertz CT molecular complexity index is 654. The standard InChI is InChI=1S/C14H14ClN5O2/c15-10-1-2-12(17-7-10)19-3-5-20(6-4-19)13-9-16-11(8-18-13)14(21)22/h1-2,7-9H,3-6H2,(H,21,22). The lowest BCUT2D eigenvalue weighted by atomic mass is 10.3. The van der Waals surface area contributed by atoms with Gasteiger partial charge < -0.3 is 14.9 Å². The van der Waals surface area contributed by atoms with Crippen LogP contribution in [0.15, 0.2) is 30.7 Å². The molecule has 22 heavy (non-hydrogen) atoms. The fourth-order valence-electron chi connectivity index (χ4n) is 2.31. The van der Waals surface area contributed by atoms with E-state index >= 15 is 0 Å². The van der Waals surface area contributed by atoms with E-state index in [4.69, 9.17) is 16.7 Å². The van der Waals surface area contributed by atoms with E-state index in [0.717, 1.165) is 32.0 Å². The SMILES string of the molecule is O=C(O)c1cnc(N2CCN(c3ccc(Cl)cn3)CC2)cn1. The van der Waals surface area contributed by atoms with Gasteiger partial charge in [-0.05, 0) is 12.1 Å². The van der Waals surface area contributed by atoms with E-state index in [0.29, 0.717) is 10.8 Å². The number of carbonyl (C=O) groups is 1. The van der Waals surface area contributed by atoms with Gasteiger partial charge in [0, 0.05) is 32.4 Å². The molecule has 1 fully saturated rings. The molecule has 0 aromatic carbocycles. The molecule has 2 aromatic rings. The summed E-state index contributed by atoms with van der Waals surface area (Å²) in [4.78, 5) is 27.4. The highest BCUT2D eigenvalue weighted by atomic mass is 35.5. The van der Waals surface area contributed by atoms with Crippen molar-refractivity contribution in [2.24, 2.45) is 0 Å². The van der Waals surface area contributed by atoms with Crippen LogP contribution in [0.2, 0.25) is 5.02 Å². The smallest absolute Gasteiger partial charge is 0.356 e. The molecule has 0 atom stereocenters. The summed E-state index contributed by atoms with van der Waals surface area (Å²) < 4.78 is 0. The van der Waals surface area contributed by atoms with Crippen molar-refractivity contribution in [3.05, 3.63) is 41.4 Å². The third-order valence-corrected chi connectivity index (χ3v) is 3.72. The van der Waals surface area contributed by atoms with E-state index in [2.05, 4.69) is 24.8 Å². The summed E-state index contributed by atoms with van der Waals surface area (Å²) in [6, 6.07) is 3.73. The first-order valence-electron chi connectivity index (χ1n) is 6.80. The van der Waals surface area contributed by atoms with Crippen molar-refractivity contribution >= 4 is 29.2 Å². The zero-order chi connectivity index (χ0) is 15.5. The molecule has 1 N–H and O–H groups in total. The van der Waals surface area contributed by atoms with Crippen LogP contribution in [0.1, 0.15) is 10.5 Å². The number of anilines is 2. The maximum atomic E-state index is 10.8. The molecule has 1 aliphatic heterocycles. The average Bonchev–Trinajstić information content (AvgIpc) is 2.56. The third kappa shape index (κ3) is 3.09. The van der Waals surface area contributed by atoms with Crippen LogP contribution in [0.4, 0.5) is 11.6 Å². The Hall–Kier alpha value is -2.41. The molecule has 0 spiro atoms. The molecule has 0 bridgehead atoms. The fraction of sp³-hybridized carbons (Fsp3) is 0.286. The Kier molecular flexibility index (Phi) is 4.06. The number of pyridine rings is 1. The number of hydrogen-bond donors (Lipinski definition) is 1. The molecule has 3 rings (SSSR count). The normalized spacial score (nSPS) is 15.0. The second kappa shape index (κ2) is 6.15. The first-order chi connectivity index (χ1) is 10.6. The van der Waals surface area contributed by atoms with Gasteiger partial charge in [0.25, 0.3) is 0 Å². The van der Waals surface area contributed by atoms with Crippen molar-refractivity contribution in [2.45, 2.75) is 0 Å². The van der Waals surface area contributed by atoms with E-state index in [1.807, 2.05) is 12.1 Å². The molecule has 0 aliphatic carbocycles. The summed E-state index contributed by atoms with van der Waals surface area (Å²) in [6.45, 7) is 3.14. The van der Waals surface area contributed by atoms with Crippen LogP contribution in [-0.2, 0) is 0 Å². The maximum Gasteiger partial charge on any atom is 0.356 e. The van der Waals surface area contributed by atoms with Gasteiger partial charge in [0.15, 0.2) is 5.69 Å². The van der Waals surface area contributed by atoms with Crippen molar-refractivity contribution in [3.63, 3.8) is 0 Å². The summed E-state index contributed by atoms with van der Waals surface area (Å²) in [5, 5.41) is 9.45. The quantitative estimate of drug-likeness (QED) is 0.919. The topological polar surface area (TPSA) is 82.5 Å². The third-order valence-electron chi connectivity index (χ3n) is 3.50. The van der Waals surface area contributed by atoms with Gasteiger partial charge in [0.05, 0.1) is 17.4 Å². The molecule has 7 nitrogen and oxygen atoms in total. The highest BCUT2D eigenvalue weighted by Crippen LogP contribution is 2.18. The zero-order valence-corrected chi connectivity index (χ0v) is 12.4. The van der Waals surface area contributed by atoms with Gasteiger partial charge in [-0.3, -0.25) is 0 Å². The lowest BCUT2D eigenvalue weighted by molar-refractivity contribution is 0.0690. The average molecular weight is 320 g/mol. The van der Waals surface area contributed by atoms with Crippen molar-refractivity contribution in [1.82, 2.24) is 15.0 Å². The molecule has 0 saturated carbocycles.